The number of halogens is 1. The predicted molar refractivity (Wildman–Crippen MR) is 80.4 cm³/mol. The van der Waals surface area contributed by atoms with Crippen molar-refractivity contribution in [2.24, 2.45) is 5.73 Å². The average Bonchev–Trinajstić information content (AvgIpc) is 2.74. The van der Waals surface area contributed by atoms with E-state index in [2.05, 4.69) is 44.2 Å². The van der Waals surface area contributed by atoms with Crippen molar-refractivity contribution in [3.63, 3.8) is 0 Å². The van der Waals surface area contributed by atoms with E-state index in [1.54, 1.807) is 11.3 Å². The SMILES string of the molecule is CCc1ccc(C(C)(N)Cc2ccc(Cl)s2)cc1. The van der Waals surface area contributed by atoms with E-state index in [4.69, 9.17) is 17.3 Å². The van der Waals surface area contributed by atoms with Crippen LogP contribution in [0, 0.1) is 0 Å². The Hall–Kier alpha value is -0.830. The molecule has 2 rings (SSSR count). The highest BCUT2D eigenvalue weighted by molar-refractivity contribution is 7.16. The first kappa shape index (κ1) is 13.6. The molecule has 0 amide bonds. The van der Waals surface area contributed by atoms with Crippen molar-refractivity contribution in [1.29, 1.82) is 0 Å². The molecule has 1 aromatic carbocycles. The lowest BCUT2D eigenvalue weighted by molar-refractivity contribution is 0.495. The second kappa shape index (κ2) is 5.43. The minimum atomic E-state index is -0.347. The van der Waals surface area contributed by atoms with Gasteiger partial charge in [-0.3, -0.25) is 0 Å². The lowest BCUT2D eigenvalue weighted by Crippen LogP contribution is -2.35. The van der Waals surface area contributed by atoms with E-state index in [1.165, 1.54) is 16.0 Å². The maximum absolute atomic E-state index is 6.43. The third-order valence-electron chi connectivity index (χ3n) is 3.19. The van der Waals surface area contributed by atoms with Crippen molar-refractivity contribution in [3.8, 4) is 0 Å². The van der Waals surface area contributed by atoms with Crippen LogP contribution < -0.4 is 5.73 Å². The minimum absolute atomic E-state index is 0.347. The molecule has 0 saturated carbocycles. The molecule has 1 aromatic heterocycles. The molecule has 2 N–H and O–H groups in total. The van der Waals surface area contributed by atoms with Gasteiger partial charge in [-0.25, -0.2) is 0 Å². The first-order valence-electron chi connectivity index (χ1n) is 6.14. The van der Waals surface area contributed by atoms with Gasteiger partial charge in [0.25, 0.3) is 0 Å². The Morgan fingerprint density at radius 2 is 1.83 bits per heavy atom. The maximum Gasteiger partial charge on any atom is 0.0931 e. The fourth-order valence-electron chi connectivity index (χ4n) is 2.03. The quantitative estimate of drug-likeness (QED) is 0.883. The summed E-state index contributed by atoms with van der Waals surface area (Å²) in [5.74, 6) is 0. The molecule has 0 aliphatic heterocycles. The Morgan fingerprint density at radius 1 is 1.17 bits per heavy atom. The van der Waals surface area contributed by atoms with Crippen LogP contribution in [0.2, 0.25) is 4.34 Å². The van der Waals surface area contributed by atoms with Crippen molar-refractivity contribution in [1.82, 2.24) is 0 Å². The topological polar surface area (TPSA) is 26.0 Å². The van der Waals surface area contributed by atoms with Gasteiger partial charge in [0.1, 0.15) is 0 Å². The number of nitrogens with two attached hydrogens (primary N) is 1. The van der Waals surface area contributed by atoms with Crippen LogP contribution in [-0.2, 0) is 18.4 Å². The van der Waals surface area contributed by atoms with Crippen molar-refractivity contribution in [3.05, 3.63) is 56.7 Å². The molecule has 2 aromatic rings. The van der Waals surface area contributed by atoms with Crippen LogP contribution in [0.15, 0.2) is 36.4 Å². The van der Waals surface area contributed by atoms with Crippen LogP contribution in [-0.4, -0.2) is 0 Å². The summed E-state index contributed by atoms with van der Waals surface area (Å²) in [6.07, 6.45) is 1.87. The van der Waals surface area contributed by atoms with Gasteiger partial charge in [-0.2, -0.15) is 0 Å². The van der Waals surface area contributed by atoms with Gasteiger partial charge in [0.2, 0.25) is 0 Å². The normalized spacial score (nSPS) is 14.4. The lowest BCUT2D eigenvalue weighted by Gasteiger charge is -2.25. The van der Waals surface area contributed by atoms with Gasteiger partial charge < -0.3 is 5.73 Å². The summed E-state index contributed by atoms with van der Waals surface area (Å²) >= 11 is 7.55. The summed E-state index contributed by atoms with van der Waals surface area (Å²) in [4.78, 5) is 1.23. The second-order valence-electron chi connectivity index (χ2n) is 4.85. The van der Waals surface area contributed by atoms with E-state index < -0.39 is 0 Å². The van der Waals surface area contributed by atoms with Crippen LogP contribution in [0.4, 0.5) is 0 Å². The molecule has 1 atom stereocenters. The molecule has 18 heavy (non-hydrogen) atoms. The highest BCUT2D eigenvalue weighted by Gasteiger charge is 2.22. The first-order valence-corrected chi connectivity index (χ1v) is 7.33. The fraction of sp³-hybridized carbons (Fsp3) is 0.333. The zero-order chi connectivity index (χ0) is 13.2. The van der Waals surface area contributed by atoms with Crippen LogP contribution in [0.5, 0.6) is 0 Å². The molecule has 3 heteroatoms. The largest absolute Gasteiger partial charge is 0.321 e. The zero-order valence-electron chi connectivity index (χ0n) is 10.7. The Bertz CT molecular complexity index is 514. The van der Waals surface area contributed by atoms with Crippen molar-refractivity contribution >= 4 is 22.9 Å². The van der Waals surface area contributed by atoms with Crippen molar-refractivity contribution < 1.29 is 0 Å². The number of hydrogen-bond donors (Lipinski definition) is 1. The second-order valence-corrected chi connectivity index (χ2v) is 6.65. The Kier molecular flexibility index (Phi) is 4.10. The minimum Gasteiger partial charge on any atom is -0.321 e. The highest BCUT2D eigenvalue weighted by atomic mass is 35.5. The van der Waals surface area contributed by atoms with E-state index in [-0.39, 0.29) is 5.54 Å². The summed E-state index contributed by atoms with van der Waals surface area (Å²) in [6.45, 7) is 4.23. The smallest absolute Gasteiger partial charge is 0.0931 e. The molecule has 0 radical (unpaired) electrons. The lowest BCUT2D eigenvalue weighted by atomic mass is 9.88. The molecule has 0 bridgehead atoms. The molecule has 0 aliphatic carbocycles. The van der Waals surface area contributed by atoms with Gasteiger partial charge >= 0.3 is 0 Å². The predicted octanol–water partition coefficient (Wildman–Crippen LogP) is 4.38. The van der Waals surface area contributed by atoms with Crippen LogP contribution in [0.3, 0.4) is 0 Å². The molecular weight excluding hydrogens is 262 g/mol. The average molecular weight is 280 g/mol. The van der Waals surface area contributed by atoms with Crippen LogP contribution in [0.25, 0.3) is 0 Å². The molecule has 1 unspecified atom stereocenters. The molecule has 96 valence electrons. The Morgan fingerprint density at radius 3 is 2.33 bits per heavy atom. The van der Waals surface area contributed by atoms with E-state index >= 15 is 0 Å². The van der Waals surface area contributed by atoms with E-state index in [0.717, 1.165) is 17.2 Å². The number of rotatable bonds is 4. The summed E-state index contributed by atoms with van der Waals surface area (Å²) in [7, 11) is 0. The number of hydrogen-bond acceptors (Lipinski definition) is 2. The summed E-state index contributed by atoms with van der Waals surface area (Å²) < 4.78 is 0.821. The summed E-state index contributed by atoms with van der Waals surface area (Å²) in [5, 5.41) is 0. The molecular formula is C15H18ClNS. The first-order chi connectivity index (χ1) is 8.51. The van der Waals surface area contributed by atoms with Gasteiger partial charge in [-0.15, -0.1) is 11.3 Å². The van der Waals surface area contributed by atoms with Gasteiger partial charge in [0, 0.05) is 16.8 Å². The molecule has 0 aliphatic rings. The van der Waals surface area contributed by atoms with Gasteiger partial charge in [-0.05, 0) is 36.6 Å². The molecule has 0 fully saturated rings. The van der Waals surface area contributed by atoms with E-state index in [9.17, 15) is 0 Å². The highest BCUT2D eigenvalue weighted by Crippen LogP contribution is 2.29. The molecule has 0 saturated heterocycles. The summed E-state index contributed by atoms with van der Waals surface area (Å²) in [6, 6.07) is 12.6. The zero-order valence-corrected chi connectivity index (χ0v) is 12.3. The Labute approximate surface area is 118 Å². The fourth-order valence-corrected chi connectivity index (χ4v) is 3.29. The van der Waals surface area contributed by atoms with Crippen LogP contribution in [0.1, 0.15) is 29.9 Å². The molecule has 1 nitrogen and oxygen atoms in total. The number of aryl methyl sites for hydroxylation is 1. The maximum atomic E-state index is 6.43. The van der Waals surface area contributed by atoms with Crippen molar-refractivity contribution in [2.75, 3.05) is 0 Å². The van der Waals surface area contributed by atoms with Crippen LogP contribution >= 0.6 is 22.9 Å². The third-order valence-corrected chi connectivity index (χ3v) is 4.42. The van der Waals surface area contributed by atoms with Gasteiger partial charge in [0.05, 0.1) is 4.34 Å². The Balaban J connectivity index is 2.18. The third kappa shape index (κ3) is 3.14. The molecule has 1 heterocycles. The van der Waals surface area contributed by atoms with Gasteiger partial charge in [-0.1, -0.05) is 42.8 Å². The van der Waals surface area contributed by atoms with Gasteiger partial charge in [0.15, 0.2) is 0 Å². The summed E-state index contributed by atoms with van der Waals surface area (Å²) in [5.41, 5.74) is 8.60. The van der Waals surface area contributed by atoms with Crippen molar-refractivity contribution in [2.45, 2.75) is 32.2 Å². The number of thiophene rings is 1. The van der Waals surface area contributed by atoms with E-state index in [1.807, 2.05) is 6.07 Å². The molecule has 0 spiro atoms. The van der Waals surface area contributed by atoms with E-state index in [0.29, 0.717) is 0 Å². The number of benzene rings is 1. The monoisotopic (exact) mass is 279 g/mol. The standard InChI is InChI=1S/C15H18ClNS/c1-3-11-4-6-12(7-5-11)15(2,17)10-13-8-9-14(16)18-13/h4-9H,3,10,17H2,1-2H3.